The van der Waals surface area contributed by atoms with E-state index in [-0.39, 0.29) is 0 Å². The molecule has 0 amide bonds. The predicted molar refractivity (Wildman–Crippen MR) is 108 cm³/mol. The van der Waals surface area contributed by atoms with Gasteiger partial charge < -0.3 is 14.0 Å². The molecule has 4 rings (SSSR count). The Kier molecular flexibility index (Phi) is 4.45. The van der Waals surface area contributed by atoms with Crippen LogP contribution in [0.2, 0.25) is 0 Å². The Labute approximate surface area is 160 Å². The summed E-state index contributed by atoms with van der Waals surface area (Å²) in [4.78, 5) is 4.75. The van der Waals surface area contributed by atoms with E-state index in [1.165, 1.54) is 0 Å². The molecule has 4 nitrogen and oxygen atoms in total. The third kappa shape index (κ3) is 3.45. The van der Waals surface area contributed by atoms with Gasteiger partial charge in [-0.3, -0.25) is 0 Å². The fourth-order valence-corrected chi connectivity index (χ4v) is 3.10. The van der Waals surface area contributed by atoms with Crippen LogP contribution in [0.25, 0.3) is 10.9 Å². The van der Waals surface area contributed by atoms with Crippen molar-refractivity contribution in [1.29, 1.82) is 0 Å². The van der Waals surface area contributed by atoms with E-state index in [1.54, 1.807) is 0 Å². The van der Waals surface area contributed by atoms with E-state index in [0.717, 1.165) is 21.9 Å². The first kappa shape index (κ1) is 18.0. The Morgan fingerprint density at radius 2 is 1.52 bits per heavy atom. The molecule has 1 fully saturated rings. The second kappa shape index (κ2) is 6.66. The molecule has 3 aromatic rings. The Hall–Kier alpha value is -2.37. The quantitative estimate of drug-likeness (QED) is 0.656. The molecule has 0 bridgehead atoms. The van der Waals surface area contributed by atoms with Gasteiger partial charge in [0, 0.05) is 10.8 Å². The van der Waals surface area contributed by atoms with Crippen LogP contribution in [0.3, 0.4) is 0 Å². The van der Waals surface area contributed by atoms with Gasteiger partial charge in [-0.15, -0.1) is 0 Å². The Morgan fingerprint density at radius 3 is 2.22 bits per heavy atom. The highest BCUT2D eigenvalue weighted by molar-refractivity contribution is 6.63. The summed E-state index contributed by atoms with van der Waals surface area (Å²) < 4.78 is 18.6. The van der Waals surface area contributed by atoms with Crippen LogP contribution < -0.4 is 10.2 Å². The predicted octanol–water partition coefficient (Wildman–Crippen LogP) is 4.11. The van der Waals surface area contributed by atoms with Gasteiger partial charge in [0.25, 0.3) is 0 Å². The van der Waals surface area contributed by atoms with Gasteiger partial charge in [-0.2, -0.15) is 0 Å². The molecular formula is C22H24BNO3. The third-order valence-electron chi connectivity index (χ3n) is 5.44. The average molecular weight is 361 g/mol. The number of benzene rings is 2. The van der Waals surface area contributed by atoms with Crippen LogP contribution in [0.15, 0.2) is 60.7 Å². The summed E-state index contributed by atoms with van der Waals surface area (Å²) in [6, 6.07) is 20.1. The van der Waals surface area contributed by atoms with Crippen LogP contribution >= 0.6 is 0 Å². The van der Waals surface area contributed by atoms with Gasteiger partial charge in [-0.25, -0.2) is 4.98 Å². The number of rotatable bonds is 4. The molecule has 5 heteroatoms. The minimum absolute atomic E-state index is 0.417. The minimum atomic E-state index is -0.516. The van der Waals surface area contributed by atoms with Gasteiger partial charge in [0.15, 0.2) is 0 Å². The second-order valence-electron chi connectivity index (χ2n) is 7.94. The summed E-state index contributed by atoms with van der Waals surface area (Å²) in [6.07, 6.45) is 0. The summed E-state index contributed by atoms with van der Waals surface area (Å²) in [5.41, 5.74) is 1.97. The molecule has 0 radical (unpaired) electrons. The van der Waals surface area contributed by atoms with Gasteiger partial charge in [0.2, 0.25) is 5.88 Å². The normalized spacial score (nSPS) is 18.0. The zero-order valence-electron chi connectivity index (χ0n) is 16.2. The molecular weight excluding hydrogens is 337 g/mol. The first-order valence-corrected chi connectivity index (χ1v) is 9.28. The van der Waals surface area contributed by atoms with Crippen molar-refractivity contribution in [3.05, 3.63) is 66.2 Å². The van der Waals surface area contributed by atoms with E-state index in [1.807, 2.05) is 82.3 Å². The maximum atomic E-state index is 6.25. The molecule has 1 aliphatic rings. The number of aromatic nitrogens is 1. The number of pyridine rings is 1. The Balaban J connectivity index is 1.71. The summed E-state index contributed by atoms with van der Waals surface area (Å²) >= 11 is 0. The molecule has 1 saturated heterocycles. The lowest BCUT2D eigenvalue weighted by Gasteiger charge is -2.32. The molecule has 0 unspecified atom stereocenters. The smallest absolute Gasteiger partial charge is 0.473 e. The molecule has 0 N–H and O–H groups in total. The topological polar surface area (TPSA) is 40.6 Å². The molecule has 2 aromatic carbocycles. The van der Waals surface area contributed by atoms with Crippen LogP contribution in [-0.4, -0.2) is 23.3 Å². The van der Waals surface area contributed by atoms with Crippen LogP contribution in [0.1, 0.15) is 33.3 Å². The van der Waals surface area contributed by atoms with Gasteiger partial charge in [0.05, 0.1) is 16.7 Å². The number of nitrogens with zero attached hydrogens (tertiary/aromatic N) is 1. The van der Waals surface area contributed by atoms with E-state index >= 15 is 0 Å². The number of ether oxygens (including phenoxy) is 1. The van der Waals surface area contributed by atoms with E-state index < -0.39 is 18.3 Å². The van der Waals surface area contributed by atoms with Crippen molar-refractivity contribution in [2.24, 2.45) is 0 Å². The number of para-hydroxylation sites is 1. The molecule has 0 saturated carbocycles. The van der Waals surface area contributed by atoms with E-state index in [9.17, 15) is 0 Å². The van der Waals surface area contributed by atoms with Crippen molar-refractivity contribution in [3.8, 4) is 5.88 Å². The monoisotopic (exact) mass is 361 g/mol. The fraction of sp³-hybridized carbons (Fsp3) is 0.318. The second-order valence-corrected chi connectivity index (χ2v) is 7.94. The van der Waals surface area contributed by atoms with Gasteiger partial charge in [-0.05, 0) is 45.4 Å². The van der Waals surface area contributed by atoms with Crippen LogP contribution in [0, 0.1) is 0 Å². The zero-order valence-corrected chi connectivity index (χ0v) is 16.2. The molecule has 0 aliphatic carbocycles. The third-order valence-corrected chi connectivity index (χ3v) is 5.44. The number of fused-ring (bicyclic) bond motifs is 1. The van der Waals surface area contributed by atoms with E-state index in [0.29, 0.717) is 12.5 Å². The molecule has 0 atom stereocenters. The lowest BCUT2D eigenvalue weighted by atomic mass is 9.79. The van der Waals surface area contributed by atoms with Crippen molar-refractivity contribution in [3.63, 3.8) is 0 Å². The highest BCUT2D eigenvalue weighted by Crippen LogP contribution is 2.37. The molecule has 2 heterocycles. The van der Waals surface area contributed by atoms with E-state index in [2.05, 4.69) is 6.07 Å². The molecule has 1 aliphatic heterocycles. The maximum Gasteiger partial charge on any atom is 0.500 e. The van der Waals surface area contributed by atoms with Gasteiger partial charge in [-0.1, -0.05) is 48.5 Å². The highest BCUT2D eigenvalue weighted by atomic mass is 16.7. The van der Waals surface area contributed by atoms with E-state index in [4.69, 9.17) is 19.0 Å². The zero-order chi connectivity index (χ0) is 19.1. The van der Waals surface area contributed by atoms with Crippen molar-refractivity contribution < 1.29 is 14.0 Å². The fourth-order valence-electron chi connectivity index (χ4n) is 3.10. The summed E-state index contributed by atoms with van der Waals surface area (Å²) in [5.74, 6) is 0.552. The Morgan fingerprint density at radius 1 is 0.889 bits per heavy atom. The average Bonchev–Trinajstić information content (AvgIpc) is 2.87. The molecule has 138 valence electrons. The summed E-state index contributed by atoms with van der Waals surface area (Å²) in [7, 11) is -0.516. The lowest BCUT2D eigenvalue weighted by molar-refractivity contribution is 0.00578. The van der Waals surface area contributed by atoms with Crippen molar-refractivity contribution >= 4 is 23.5 Å². The summed E-state index contributed by atoms with van der Waals surface area (Å²) in [6.45, 7) is 8.63. The number of hydrogen-bond acceptors (Lipinski definition) is 4. The standard InChI is InChI=1S/C22H24BNO3/c1-21(2)22(3,4)27-23(26-21)18-14-17-12-8-9-13-19(17)24-20(18)25-15-16-10-6-5-7-11-16/h5-14H,15H2,1-4H3. The largest absolute Gasteiger partial charge is 0.500 e. The minimum Gasteiger partial charge on any atom is -0.473 e. The Bertz CT molecular complexity index is 940. The highest BCUT2D eigenvalue weighted by Gasteiger charge is 2.52. The van der Waals surface area contributed by atoms with Crippen molar-refractivity contribution in [2.45, 2.75) is 45.5 Å². The molecule has 27 heavy (non-hydrogen) atoms. The summed E-state index contributed by atoms with van der Waals surface area (Å²) in [5, 5.41) is 1.04. The van der Waals surface area contributed by atoms with Crippen LogP contribution in [0.4, 0.5) is 0 Å². The van der Waals surface area contributed by atoms with Crippen molar-refractivity contribution in [2.75, 3.05) is 0 Å². The molecule has 1 aromatic heterocycles. The van der Waals surface area contributed by atoms with Gasteiger partial charge in [0.1, 0.15) is 6.61 Å². The maximum absolute atomic E-state index is 6.25. The number of hydrogen-bond donors (Lipinski definition) is 0. The van der Waals surface area contributed by atoms with Crippen LogP contribution in [-0.2, 0) is 15.9 Å². The first-order valence-electron chi connectivity index (χ1n) is 9.28. The lowest BCUT2D eigenvalue weighted by Crippen LogP contribution is -2.41. The van der Waals surface area contributed by atoms with Crippen LogP contribution in [0.5, 0.6) is 5.88 Å². The first-order chi connectivity index (χ1) is 12.9. The SMILES string of the molecule is CC1(C)OB(c2cc3ccccc3nc2OCc2ccccc2)OC1(C)C. The molecule has 0 spiro atoms. The van der Waals surface area contributed by atoms with Crippen molar-refractivity contribution in [1.82, 2.24) is 4.98 Å². The van der Waals surface area contributed by atoms with Gasteiger partial charge >= 0.3 is 7.12 Å².